The lowest BCUT2D eigenvalue weighted by molar-refractivity contribution is -0.149. The fraction of sp³-hybridized carbons (Fsp3) is 0.600. The van der Waals surface area contributed by atoms with Crippen LogP contribution in [0.25, 0.3) is 0 Å². The summed E-state index contributed by atoms with van der Waals surface area (Å²) < 4.78 is 0. The Morgan fingerprint density at radius 3 is 2.14 bits per heavy atom. The first-order valence-corrected chi connectivity index (χ1v) is 4.42. The van der Waals surface area contributed by atoms with Gasteiger partial charge in [-0.1, -0.05) is 12.2 Å². The maximum absolute atomic E-state index is 10.7. The van der Waals surface area contributed by atoms with Gasteiger partial charge in [0.2, 0.25) is 0 Å². The molecule has 0 saturated heterocycles. The van der Waals surface area contributed by atoms with E-state index in [2.05, 4.69) is 6.58 Å². The number of rotatable bonds is 6. The average molecular weight is 200 g/mol. The van der Waals surface area contributed by atoms with Gasteiger partial charge >= 0.3 is 5.97 Å². The van der Waals surface area contributed by atoms with Crippen LogP contribution in [0.3, 0.4) is 0 Å². The lowest BCUT2D eigenvalue weighted by Gasteiger charge is -2.19. The number of carboxylic acid groups (broad SMARTS) is 1. The zero-order chi connectivity index (χ0) is 11.3. The zero-order valence-corrected chi connectivity index (χ0v) is 8.49. The fourth-order valence-corrected chi connectivity index (χ4v) is 1.20. The largest absolute Gasteiger partial charge is 0.479 e. The molecule has 0 aliphatic carbocycles. The van der Waals surface area contributed by atoms with Gasteiger partial charge < -0.3 is 15.0 Å². The van der Waals surface area contributed by atoms with Gasteiger partial charge in [-0.2, -0.15) is 0 Å². The van der Waals surface area contributed by atoms with Crippen molar-refractivity contribution in [1.82, 2.24) is 0 Å². The van der Waals surface area contributed by atoms with Gasteiger partial charge in [-0.3, -0.25) is 0 Å². The lowest BCUT2D eigenvalue weighted by Crippen LogP contribution is -2.30. The molecule has 2 atom stereocenters. The molecule has 0 amide bonds. The van der Waals surface area contributed by atoms with Crippen LogP contribution in [0, 0.1) is 5.92 Å². The predicted octanol–water partition coefficient (Wildman–Crippen LogP) is 0.993. The van der Waals surface area contributed by atoms with Gasteiger partial charge in [-0.05, 0) is 20.3 Å². The van der Waals surface area contributed by atoms with E-state index in [4.69, 9.17) is 5.11 Å². The first-order chi connectivity index (χ1) is 6.36. The monoisotopic (exact) mass is 200 g/mol. The molecule has 0 aromatic rings. The normalized spacial score (nSPS) is 14.5. The Morgan fingerprint density at radius 1 is 1.36 bits per heavy atom. The Labute approximate surface area is 83.2 Å². The minimum atomic E-state index is -1.47. The van der Waals surface area contributed by atoms with Crippen molar-refractivity contribution >= 4 is 11.8 Å². The highest BCUT2D eigenvalue weighted by atomic mass is 16.4. The van der Waals surface area contributed by atoms with Crippen LogP contribution in [0.4, 0.5) is 0 Å². The highest BCUT2D eigenvalue weighted by Crippen LogP contribution is 2.20. The van der Waals surface area contributed by atoms with E-state index in [0.29, 0.717) is 12.0 Å². The summed E-state index contributed by atoms with van der Waals surface area (Å²) in [6, 6.07) is 0. The second-order valence-corrected chi connectivity index (χ2v) is 3.48. The number of aliphatic carboxylic acids is 1. The summed E-state index contributed by atoms with van der Waals surface area (Å²) in [6.07, 6.45) is -0.869. The second kappa shape index (κ2) is 5.54. The van der Waals surface area contributed by atoms with E-state index in [1.165, 1.54) is 6.92 Å². The van der Waals surface area contributed by atoms with Crippen LogP contribution in [0.1, 0.15) is 26.7 Å². The molecule has 0 aliphatic rings. The third kappa shape index (κ3) is 4.18. The Morgan fingerprint density at radius 2 is 1.86 bits per heavy atom. The number of Topliss-reactive ketones (excluding diaryl/α,β-unsaturated/α-hetero) is 1. The standard InChI is InChI=1S/C10H16O4/c1-6(2)8(5-4-7(3)11)9(12)10(13)14/h8-9,12H,1,4-5H2,2-3H3,(H,13,14). The van der Waals surface area contributed by atoms with E-state index >= 15 is 0 Å². The highest BCUT2D eigenvalue weighted by Gasteiger charge is 2.26. The summed E-state index contributed by atoms with van der Waals surface area (Å²) in [5.74, 6) is -1.84. The molecule has 0 aliphatic heterocycles. The van der Waals surface area contributed by atoms with Crippen molar-refractivity contribution in [2.24, 2.45) is 5.92 Å². The molecular weight excluding hydrogens is 184 g/mol. The molecule has 80 valence electrons. The number of aliphatic hydroxyl groups is 1. The van der Waals surface area contributed by atoms with E-state index in [1.807, 2.05) is 0 Å². The summed E-state index contributed by atoms with van der Waals surface area (Å²) in [5, 5.41) is 17.9. The third-order valence-electron chi connectivity index (χ3n) is 2.07. The van der Waals surface area contributed by atoms with Gasteiger partial charge in [-0.15, -0.1) is 0 Å². The Bertz CT molecular complexity index is 245. The summed E-state index contributed by atoms with van der Waals surface area (Å²) in [6.45, 7) is 6.69. The zero-order valence-electron chi connectivity index (χ0n) is 8.49. The lowest BCUT2D eigenvalue weighted by atomic mass is 9.90. The van der Waals surface area contributed by atoms with E-state index < -0.39 is 18.0 Å². The van der Waals surface area contributed by atoms with E-state index in [9.17, 15) is 14.7 Å². The Balaban J connectivity index is 4.37. The Kier molecular flexibility index (Phi) is 5.09. The topological polar surface area (TPSA) is 74.6 Å². The maximum Gasteiger partial charge on any atom is 0.333 e. The summed E-state index contributed by atoms with van der Waals surface area (Å²) >= 11 is 0. The van der Waals surface area contributed by atoms with Gasteiger partial charge in [0.05, 0.1) is 0 Å². The van der Waals surface area contributed by atoms with Gasteiger partial charge in [0.1, 0.15) is 5.78 Å². The number of hydrogen-bond donors (Lipinski definition) is 2. The number of hydrogen-bond acceptors (Lipinski definition) is 3. The molecule has 0 aromatic carbocycles. The van der Waals surface area contributed by atoms with Crippen LogP contribution in [0.2, 0.25) is 0 Å². The van der Waals surface area contributed by atoms with Crippen LogP contribution in [0.5, 0.6) is 0 Å². The van der Waals surface area contributed by atoms with Crippen molar-refractivity contribution in [2.45, 2.75) is 32.8 Å². The molecule has 14 heavy (non-hydrogen) atoms. The number of carboxylic acids is 1. The summed E-state index contributed by atoms with van der Waals surface area (Å²) in [4.78, 5) is 21.2. The van der Waals surface area contributed by atoms with Crippen LogP contribution >= 0.6 is 0 Å². The molecule has 0 bridgehead atoms. The minimum absolute atomic E-state index is 0.0196. The van der Waals surface area contributed by atoms with Crippen LogP contribution in [0.15, 0.2) is 12.2 Å². The molecule has 0 aromatic heterocycles. The predicted molar refractivity (Wildman–Crippen MR) is 51.9 cm³/mol. The molecule has 2 N–H and O–H groups in total. The molecule has 0 radical (unpaired) electrons. The molecule has 4 nitrogen and oxygen atoms in total. The molecule has 0 heterocycles. The third-order valence-corrected chi connectivity index (χ3v) is 2.07. The minimum Gasteiger partial charge on any atom is -0.479 e. The van der Waals surface area contributed by atoms with Crippen LogP contribution in [-0.2, 0) is 9.59 Å². The SMILES string of the molecule is C=C(C)C(CCC(C)=O)C(O)C(=O)O. The molecule has 0 fully saturated rings. The Hall–Kier alpha value is -1.16. The van der Waals surface area contributed by atoms with Gasteiger partial charge in [0.15, 0.2) is 6.10 Å². The van der Waals surface area contributed by atoms with E-state index in [0.717, 1.165) is 0 Å². The molecule has 2 unspecified atom stereocenters. The van der Waals surface area contributed by atoms with Crippen molar-refractivity contribution in [3.05, 3.63) is 12.2 Å². The molecular formula is C10H16O4. The smallest absolute Gasteiger partial charge is 0.333 e. The van der Waals surface area contributed by atoms with Gasteiger partial charge in [-0.25, -0.2) is 4.79 Å². The summed E-state index contributed by atoms with van der Waals surface area (Å²) in [5.41, 5.74) is 0.584. The number of ketones is 1. The first-order valence-electron chi connectivity index (χ1n) is 4.42. The summed E-state index contributed by atoms with van der Waals surface area (Å²) in [7, 11) is 0. The first kappa shape index (κ1) is 12.8. The van der Waals surface area contributed by atoms with Crippen molar-refractivity contribution in [2.75, 3.05) is 0 Å². The fourth-order valence-electron chi connectivity index (χ4n) is 1.20. The van der Waals surface area contributed by atoms with Crippen LogP contribution < -0.4 is 0 Å². The number of carbonyl (C=O) groups excluding carboxylic acids is 1. The molecule has 0 rings (SSSR count). The average Bonchev–Trinajstić information content (AvgIpc) is 2.02. The molecule has 0 spiro atoms. The van der Waals surface area contributed by atoms with Gasteiger partial charge in [0, 0.05) is 12.3 Å². The molecule has 4 heteroatoms. The van der Waals surface area contributed by atoms with E-state index in [1.54, 1.807) is 6.92 Å². The van der Waals surface area contributed by atoms with Crippen molar-refractivity contribution in [1.29, 1.82) is 0 Å². The van der Waals surface area contributed by atoms with Crippen molar-refractivity contribution < 1.29 is 19.8 Å². The van der Waals surface area contributed by atoms with Crippen LogP contribution in [-0.4, -0.2) is 28.1 Å². The maximum atomic E-state index is 10.7. The number of carbonyl (C=O) groups is 2. The number of aliphatic hydroxyl groups excluding tert-OH is 1. The quantitative estimate of drug-likeness (QED) is 0.627. The van der Waals surface area contributed by atoms with Crippen molar-refractivity contribution in [3.8, 4) is 0 Å². The van der Waals surface area contributed by atoms with Gasteiger partial charge in [0.25, 0.3) is 0 Å². The molecule has 0 saturated carbocycles. The second-order valence-electron chi connectivity index (χ2n) is 3.48. The highest BCUT2D eigenvalue weighted by molar-refractivity contribution is 5.76. The van der Waals surface area contributed by atoms with Crippen molar-refractivity contribution in [3.63, 3.8) is 0 Å². The van der Waals surface area contributed by atoms with E-state index in [-0.39, 0.29) is 12.2 Å².